The minimum Gasteiger partial charge on any atom is -0.390 e. The first-order valence-electron chi connectivity index (χ1n) is 9.22. The minimum atomic E-state index is -0.720. The van der Waals surface area contributed by atoms with Crippen molar-refractivity contribution in [2.45, 2.75) is 76.8 Å². The van der Waals surface area contributed by atoms with E-state index in [9.17, 15) is 20.4 Å². The fourth-order valence-electron chi connectivity index (χ4n) is 6.71. The molecule has 0 heterocycles. The number of allylic oxidation sites excluding steroid dienone is 1. The van der Waals surface area contributed by atoms with Crippen molar-refractivity contribution in [1.82, 2.24) is 0 Å². The van der Waals surface area contributed by atoms with Crippen LogP contribution in [-0.4, -0.2) is 44.8 Å². The largest absolute Gasteiger partial charge is 0.390 e. The van der Waals surface area contributed by atoms with Gasteiger partial charge in [0.15, 0.2) is 0 Å². The van der Waals surface area contributed by atoms with Gasteiger partial charge in [-0.05, 0) is 72.7 Å². The SMILES string of the molecule is CC12CC[C@H](O)[C@H](O)C1=CCC1C2CCC2(C)C1C[C@@H](O)[C@@H]2O. The Hall–Kier alpha value is -0.420. The summed E-state index contributed by atoms with van der Waals surface area (Å²) in [6.45, 7) is 4.41. The maximum Gasteiger partial charge on any atom is 0.101 e. The molecule has 4 nitrogen and oxygen atoms in total. The van der Waals surface area contributed by atoms with Gasteiger partial charge in [-0.1, -0.05) is 19.9 Å². The Balaban J connectivity index is 1.70. The molecule has 0 aromatic heterocycles. The molecule has 130 valence electrons. The summed E-state index contributed by atoms with van der Waals surface area (Å²) in [5.74, 6) is 1.31. The molecule has 23 heavy (non-hydrogen) atoms. The third-order valence-corrected chi connectivity index (χ3v) is 8.14. The molecule has 0 saturated heterocycles. The van der Waals surface area contributed by atoms with Crippen molar-refractivity contribution < 1.29 is 20.4 Å². The fraction of sp³-hybridized carbons (Fsp3) is 0.895. The molecule has 9 atom stereocenters. The molecule has 0 aromatic carbocycles. The van der Waals surface area contributed by atoms with Crippen LogP contribution in [-0.2, 0) is 0 Å². The molecule has 3 fully saturated rings. The van der Waals surface area contributed by atoms with Gasteiger partial charge in [0.2, 0.25) is 0 Å². The Morgan fingerprint density at radius 3 is 2.43 bits per heavy atom. The van der Waals surface area contributed by atoms with E-state index in [0.29, 0.717) is 30.6 Å². The van der Waals surface area contributed by atoms with Crippen LogP contribution in [0.3, 0.4) is 0 Å². The van der Waals surface area contributed by atoms with Crippen LogP contribution in [0.5, 0.6) is 0 Å². The van der Waals surface area contributed by atoms with Crippen LogP contribution in [0.2, 0.25) is 0 Å². The lowest BCUT2D eigenvalue weighted by molar-refractivity contribution is -0.0941. The monoisotopic (exact) mass is 322 g/mol. The summed E-state index contributed by atoms with van der Waals surface area (Å²) in [4.78, 5) is 0. The molecule has 4 rings (SSSR count). The standard InChI is InChI=1S/C19H30O4/c1-18-8-6-14(20)16(22)12(18)4-3-10-11(18)5-7-19(2)13(10)9-15(21)17(19)23/h4,10-11,13-17,20-23H,3,5-9H2,1-2H3/t10?,11?,13?,14-,15+,16+,17-,18?,19?/m0/s1. The molecule has 4 heteroatoms. The highest BCUT2D eigenvalue weighted by Crippen LogP contribution is 2.64. The Morgan fingerprint density at radius 1 is 0.957 bits per heavy atom. The second-order valence-electron chi connectivity index (χ2n) is 9.03. The maximum atomic E-state index is 10.5. The zero-order valence-corrected chi connectivity index (χ0v) is 14.2. The van der Waals surface area contributed by atoms with Crippen molar-refractivity contribution in [1.29, 1.82) is 0 Å². The molecule has 0 aliphatic heterocycles. The first kappa shape index (κ1) is 16.1. The van der Waals surface area contributed by atoms with Gasteiger partial charge in [0.05, 0.1) is 18.3 Å². The summed E-state index contributed by atoms with van der Waals surface area (Å²) in [5, 5.41) is 41.2. The van der Waals surface area contributed by atoms with E-state index >= 15 is 0 Å². The second kappa shape index (κ2) is 5.04. The van der Waals surface area contributed by atoms with Gasteiger partial charge in [0.1, 0.15) is 6.10 Å². The molecular formula is C19H30O4. The smallest absolute Gasteiger partial charge is 0.101 e. The number of rotatable bonds is 0. The molecule has 0 spiro atoms. The van der Waals surface area contributed by atoms with Crippen molar-refractivity contribution in [3.8, 4) is 0 Å². The van der Waals surface area contributed by atoms with E-state index in [-0.39, 0.29) is 10.8 Å². The van der Waals surface area contributed by atoms with Crippen molar-refractivity contribution in [3.05, 3.63) is 11.6 Å². The maximum absolute atomic E-state index is 10.5. The molecule has 0 amide bonds. The van der Waals surface area contributed by atoms with Gasteiger partial charge in [0, 0.05) is 0 Å². The lowest BCUT2D eigenvalue weighted by Crippen LogP contribution is -2.54. The molecule has 3 saturated carbocycles. The summed E-state index contributed by atoms with van der Waals surface area (Å²) < 4.78 is 0. The fourth-order valence-corrected chi connectivity index (χ4v) is 6.71. The normalized spacial score (nSPS) is 58.9. The van der Waals surface area contributed by atoms with E-state index < -0.39 is 24.4 Å². The van der Waals surface area contributed by atoms with E-state index in [2.05, 4.69) is 19.9 Å². The number of fused-ring (bicyclic) bond motifs is 5. The van der Waals surface area contributed by atoms with Crippen molar-refractivity contribution >= 4 is 0 Å². The molecule has 4 aliphatic carbocycles. The average molecular weight is 322 g/mol. The lowest BCUT2D eigenvalue weighted by Gasteiger charge is -2.58. The average Bonchev–Trinajstić information content (AvgIpc) is 2.75. The summed E-state index contributed by atoms with van der Waals surface area (Å²) in [7, 11) is 0. The lowest BCUT2D eigenvalue weighted by atomic mass is 9.47. The van der Waals surface area contributed by atoms with Crippen LogP contribution in [0.15, 0.2) is 11.6 Å². The zero-order valence-electron chi connectivity index (χ0n) is 14.2. The molecule has 4 N–H and O–H groups in total. The molecular weight excluding hydrogens is 292 g/mol. The highest BCUT2D eigenvalue weighted by Gasteiger charge is 2.61. The van der Waals surface area contributed by atoms with Gasteiger partial charge in [-0.2, -0.15) is 0 Å². The Labute approximate surface area is 138 Å². The van der Waals surface area contributed by atoms with Crippen molar-refractivity contribution in [3.63, 3.8) is 0 Å². The Kier molecular flexibility index (Phi) is 3.52. The number of aliphatic hydroxyl groups excluding tert-OH is 4. The van der Waals surface area contributed by atoms with Crippen LogP contribution in [0, 0.1) is 28.6 Å². The predicted octanol–water partition coefficient (Wildman–Crippen LogP) is 1.61. The van der Waals surface area contributed by atoms with Crippen molar-refractivity contribution in [2.75, 3.05) is 0 Å². The second-order valence-corrected chi connectivity index (χ2v) is 9.03. The number of aliphatic hydroxyl groups is 4. The summed E-state index contributed by atoms with van der Waals surface area (Å²) in [6, 6.07) is 0. The number of hydrogen-bond acceptors (Lipinski definition) is 4. The van der Waals surface area contributed by atoms with Crippen LogP contribution >= 0.6 is 0 Å². The summed E-state index contributed by atoms with van der Waals surface area (Å²) in [5.41, 5.74) is 0.830. The van der Waals surface area contributed by atoms with E-state index in [0.717, 1.165) is 31.3 Å². The Bertz CT molecular complexity index is 531. The van der Waals surface area contributed by atoms with Gasteiger partial charge in [-0.3, -0.25) is 0 Å². The molecule has 5 unspecified atom stereocenters. The topological polar surface area (TPSA) is 80.9 Å². The van der Waals surface area contributed by atoms with Gasteiger partial charge < -0.3 is 20.4 Å². The predicted molar refractivity (Wildman–Crippen MR) is 86.5 cm³/mol. The van der Waals surface area contributed by atoms with Gasteiger partial charge in [-0.15, -0.1) is 0 Å². The van der Waals surface area contributed by atoms with Crippen LogP contribution in [0.1, 0.15) is 52.4 Å². The van der Waals surface area contributed by atoms with Gasteiger partial charge >= 0.3 is 0 Å². The minimum absolute atomic E-state index is 0.0403. The molecule has 0 aromatic rings. The van der Waals surface area contributed by atoms with Gasteiger partial charge in [0.25, 0.3) is 0 Å². The highest BCUT2D eigenvalue weighted by molar-refractivity contribution is 5.29. The first-order valence-corrected chi connectivity index (χ1v) is 9.22. The third-order valence-electron chi connectivity index (χ3n) is 8.14. The number of hydrogen-bond donors (Lipinski definition) is 4. The van der Waals surface area contributed by atoms with Gasteiger partial charge in [-0.25, -0.2) is 0 Å². The van der Waals surface area contributed by atoms with Crippen molar-refractivity contribution in [2.24, 2.45) is 28.6 Å². The van der Waals surface area contributed by atoms with E-state index in [1.807, 2.05) is 0 Å². The summed E-state index contributed by atoms with van der Waals surface area (Å²) >= 11 is 0. The van der Waals surface area contributed by atoms with E-state index in [1.54, 1.807) is 0 Å². The van der Waals surface area contributed by atoms with E-state index in [4.69, 9.17) is 0 Å². The van der Waals surface area contributed by atoms with Crippen LogP contribution < -0.4 is 0 Å². The highest BCUT2D eigenvalue weighted by atomic mass is 16.3. The molecule has 4 aliphatic rings. The first-order chi connectivity index (χ1) is 10.8. The molecule has 0 radical (unpaired) electrons. The van der Waals surface area contributed by atoms with Crippen LogP contribution in [0.4, 0.5) is 0 Å². The Morgan fingerprint density at radius 2 is 1.70 bits per heavy atom. The van der Waals surface area contributed by atoms with Crippen LogP contribution in [0.25, 0.3) is 0 Å². The summed E-state index contributed by atoms with van der Waals surface area (Å²) in [6.07, 6.45) is 4.78. The quantitative estimate of drug-likeness (QED) is 0.511. The molecule has 0 bridgehead atoms. The zero-order chi connectivity index (χ0) is 16.6. The van der Waals surface area contributed by atoms with E-state index in [1.165, 1.54) is 0 Å². The third kappa shape index (κ3) is 1.98.